The Labute approximate surface area is 131 Å². The monoisotopic (exact) mass is 332 g/mol. The SMILES string of the molecule is CC(N(C)S(=O)(=O)c1ccc(F)c(C(N)=S)c1)C(C)(C)C. The Morgan fingerprint density at radius 1 is 1.38 bits per heavy atom. The van der Waals surface area contributed by atoms with Gasteiger partial charge in [0.1, 0.15) is 10.8 Å². The minimum atomic E-state index is -3.74. The number of sulfonamides is 1. The van der Waals surface area contributed by atoms with Crippen molar-refractivity contribution in [3.63, 3.8) is 0 Å². The standard InChI is InChI=1S/C14H21FN2O2S2/c1-9(14(2,3)4)17(5)21(18,19)10-6-7-12(15)11(8-10)13(16)20/h6-9H,1-5H3,(H2,16,20). The summed E-state index contributed by atoms with van der Waals surface area (Å²) in [6, 6.07) is 3.23. The van der Waals surface area contributed by atoms with Crippen molar-refractivity contribution in [2.45, 2.75) is 38.6 Å². The average molecular weight is 332 g/mol. The van der Waals surface area contributed by atoms with Gasteiger partial charge in [0.2, 0.25) is 10.0 Å². The van der Waals surface area contributed by atoms with E-state index in [1.54, 1.807) is 0 Å². The third kappa shape index (κ3) is 3.78. The maximum atomic E-state index is 13.6. The lowest BCUT2D eigenvalue weighted by atomic mass is 9.88. The zero-order valence-corrected chi connectivity index (χ0v) is 14.5. The third-order valence-electron chi connectivity index (χ3n) is 3.68. The van der Waals surface area contributed by atoms with Crippen molar-refractivity contribution in [2.75, 3.05) is 7.05 Å². The first kappa shape index (κ1) is 18.0. The van der Waals surface area contributed by atoms with Crippen LogP contribution in [0.2, 0.25) is 0 Å². The highest BCUT2D eigenvalue weighted by Crippen LogP contribution is 2.28. The van der Waals surface area contributed by atoms with E-state index < -0.39 is 15.8 Å². The number of halogens is 1. The van der Waals surface area contributed by atoms with Gasteiger partial charge in [-0.05, 0) is 30.5 Å². The molecule has 1 rings (SSSR count). The van der Waals surface area contributed by atoms with Crippen LogP contribution in [0, 0.1) is 11.2 Å². The van der Waals surface area contributed by atoms with Crippen molar-refractivity contribution in [3.05, 3.63) is 29.6 Å². The molecule has 0 bridgehead atoms. The van der Waals surface area contributed by atoms with Crippen LogP contribution < -0.4 is 5.73 Å². The molecular formula is C14H21FN2O2S2. The van der Waals surface area contributed by atoms with Gasteiger partial charge in [-0.3, -0.25) is 0 Å². The topological polar surface area (TPSA) is 63.4 Å². The summed E-state index contributed by atoms with van der Waals surface area (Å²) in [7, 11) is -2.23. The molecule has 0 aromatic heterocycles. The van der Waals surface area contributed by atoms with Crippen molar-refractivity contribution >= 4 is 27.2 Å². The highest BCUT2D eigenvalue weighted by atomic mass is 32.2. The molecule has 0 amide bonds. The van der Waals surface area contributed by atoms with Gasteiger partial charge in [0.05, 0.1) is 4.90 Å². The Morgan fingerprint density at radius 2 is 1.90 bits per heavy atom. The normalized spacial score (nSPS) is 14.2. The third-order valence-corrected chi connectivity index (χ3v) is 5.82. The smallest absolute Gasteiger partial charge is 0.243 e. The summed E-state index contributed by atoms with van der Waals surface area (Å²) in [5, 5.41) is 0. The maximum absolute atomic E-state index is 13.6. The van der Waals surface area contributed by atoms with E-state index in [0.717, 1.165) is 6.07 Å². The largest absolute Gasteiger partial charge is 0.389 e. The zero-order chi connectivity index (χ0) is 16.6. The fourth-order valence-electron chi connectivity index (χ4n) is 1.77. The van der Waals surface area contributed by atoms with E-state index in [9.17, 15) is 12.8 Å². The zero-order valence-electron chi connectivity index (χ0n) is 12.8. The number of hydrogen-bond acceptors (Lipinski definition) is 3. The molecule has 4 nitrogen and oxygen atoms in total. The second kappa shape index (κ2) is 5.98. The summed E-state index contributed by atoms with van der Waals surface area (Å²) >= 11 is 4.74. The highest BCUT2D eigenvalue weighted by Gasteiger charge is 2.32. The van der Waals surface area contributed by atoms with E-state index in [2.05, 4.69) is 0 Å². The van der Waals surface area contributed by atoms with E-state index in [-0.39, 0.29) is 26.9 Å². The van der Waals surface area contributed by atoms with Gasteiger partial charge in [-0.2, -0.15) is 4.31 Å². The molecule has 0 spiro atoms. The molecule has 0 aliphatic carbocycles. The van der Waals surface area contributed by atoms with Crippen molar-refractivity contribution < 1.29 is 12.8 Å². The van der Waals surface area contributed by atoms with Gasteiger partial charge in [-0.1, -0.05) is 33.0 Å². The first-order valence-corrected chi connectivity index (χ1v) is 8.31. The minimum Gasteiger partial charge on any atom is -0.389 e. The second-order valence-corrected chi connectivity index (χ2v) is 8.51. The average Bonchev–Trinajstić information content (AvgIpc) is 2.35. The van der Waals surface area contributed by atoms with Crippen molar-refractivity contribution in [1.29, 1.82) is 0 Å². The summed E-state index contributed by atoms with van der Waals surface area (Å²) in [4.78, 5) is -0.193. The molecule has 1 unspecified atom stereocenters. The summed E-state index contributed by atoms with van der Waals surface area (Å²) in [5.41, 5.74) is 5.12. The van der Waals surface area contributed by atoms with Gasteiger partial charge in [0.25, 0.3) is 0 Å². The van der Waals surface area contributed by atoms with Gasteiger partial charge in [-0.15, -0.1) is 0 Å². The first-order valence-electron chi connectivity index (χ1n) is 6.46. The lowest BCUT2D eigenvalue weighted by Gasteiger charge is -2.34. The van der Waals surface area contributed by atoms with Gasteiger partial charge in [0.15, 0.2) is 0 Å². The Balaban J connectivity index is 3.32. The van der Waals surface area contributed by atoms with Gasteiger partial charge < -0.3 is 5.73 Å². The molecule has 7 heteroatoms. The van der Waals surface area contributed by atoms with Crippen LogP contribution in [-0.2, 0) is 10.0 Å². The van der Waals surface area contributed by atoms with Crippen LogP contribution >= 0.6 is 12.2 Å². The van der Waals surface area contributed by atoms with Crippen LogP contribution in [0.5, 0.6) is 0 Å². The maximum Gasteiger partial charge on any atom is 0.243 e. The molecule has 1 atom stereocenters. The minimum absolute atomic E-state index is 0.0229. The summed E-state index contributed by atoms with van der Waals surface area (Å²) in [5.74, 6) is -0.632. The summed E-state index contributed by atoms with van der Waals surface area (Å²) < 4.78 is 40.1. The van der Waals surface area contributed by atoms with Crippen molar-refractivity contribution in [3.8, 4) is 0 Å². The van der Waals surface area contributed by atoms with E-state index in [0.29, 0.717) is 0 Å². The van der Waals surface area contributed by atoms with Crippen molar-refractivity contribution in [2.24, 2.45) is 11.1 Å². The van der Waals surface area contributed by atoms with E-state index in [4.69, 9.17) is 18.0 Å². The molecule has 0 fully saturated rings. The summed E-state index contributed by atoms with van der Waals surface area (Å²) in [6.45, 7) is 7.69. The number of nitrogens with two attached hydrogens (primary N) is 1. The first-order chi connectivity index (χ1) is 9.39. The number of thiocarbonyl (C=S) groups is 1. The molecule has 0 aliphatic heterocycles. The van der Waals surface area contributed by atoms with Crippen LogP contribution in [0.15, 0.2) is 23.1 Å². The second-order valence-electron chi connectivity index (χ2n) is 6.07. The number of hydrogen-bond donors (Lipinski definition) is 1. The molecule has 118 valence electrons. The Hall–Kier alpha value is -1.05. The van der Waals surface area contributed by atoms with Crippen LogP contribution in [-0.4, -0.2) is 30.8 Å². The molecular weight excluding hydrogens is 311 g/mol. The Morgan fingerprint density at radius 3 is 2.33 bits per heavy atom. The lowest BCUT2D eigenvalue weighted by Crippen LogP contribution is -2.42. The molecule has 21 heavy (non-hydrogen) atoms. The molecule has 0 heterocycles. The van der Waals surface area contributed by atoms with Crippen LogP contribution in [0.25, 0.3) is 0 Å². The van der Waals surface area contributed by atoms with Gasteiger partial charge in [0, 0.05) is 18.7 Å². The van der Waals surface area contributed by atoms with Crippen LogP contribution in [0.1, 0.15) is 33.3 Å². The predicted molar refractivity (Wildman–Crippen MR) is 86.2 cm³/mol. The number of nitrogens with zero attached hydrogens (tertiary/aromatic N) is 1. The van der Waals surface area contributed by atoms with Crippen LogP contribution in [0.4, 0.5) is 4.39 Å². The van der Waals surface area contributed by atoms with Gasteiger partial charge >= 0.3 is 0 Å². The number of rotatable bonds is 4. The lowest BCUT2D eigenvalue weighted by molar-refractivity contribution is 0.216. The molecule has 1 aromatic carbocycles. The predicted octanol–water partition coefficient (Wildman–Crippen LogP) is 2.52. The highest BCUT2D eigenvalue weighted by molar-refractivity contribution is 7.89. The molecule has 0 saturated heterocycles. The van der Waals surface area contributed by atoms with Gasteiger partial charge in [-0.25, -0.2) is 12.8 Å². The molecule has 2 N–H and O–H groups in total. The number of benzene rings is 1. The molecule has 1 aromatic rings. The van der Waals surface area contributed by atoms with E-state index in [1.165, 1.54) is 23.5 Å². The molecule has 0 aliphatic rings. The van der Waals surface area contributed by atoms with E-state index in [1.807, 2.05) is 27.7 Å². The fraction of sp³-hybridized carbons (Fsp3) is 0.500. The Kier molecular flexibility index (Phi) is 5.13. The molecule has 0 saturated carbocycles. The quantitative estimate of drug-likeness (QED) is 0.861. The van der Waals surface area contributed by atoms with Crippen molar-refractivity contribution in [1.82, 2.24) is 4.31 Å². The van der Waals surface area contributed by atoms with E-state index >= 15 is 0 Å². The molecule has 0 radical (unpaired) electrons. The Bertz CT molecular complexity index is 651. The van der Waals surface area contributed by atoms with Crippen LogP contribution in [0.3, 0.4) is 0 Å². The summed E-state index contributed by atoms with van der Waals surface area (Å²) in [6.07, 6.45) is 0. The fourth-order valence-corrected chi connectivity index (χ4v) is 3.50.